The standard InChI is InChI=1S/C13H10N2O2S2/c16-19(18,10-6-2-1-3-7-10)17-13-14-11-8-4-5-9-12(11)15-13/h1-9H,(H,14,15). The molecule has 1 aromatic heterocycles. The molecule has 0 amide bonds. The van der Waals surface area contributed by atoms with Crippen molar-refractivity contribution in [3.63, 3.8) is 0 Å². The fourth-order valence-corrected chi connectivity index (χ4v) is 3.11. The number of fused-ring (bicyclic) bond motifs is 1. The van der Waals surface area contributed by atoms with E-state index in [-0.39, 0.29) is 6.01 Å². The Bertz CT molecular complexity index is 778. The molecule has 0 radical (unpaired) electrons. The van der Waals surface area contributed by atoms with E-state index in [1.54, 1.807) is 24.3 Å². The van der Waals surface area contributed by atoms with Crippen LogP contribution in [0.15, 0.2) is 59.5 Å². The zero-order chi connectivity index (χ0) is 13.3. The Morgan fingerprint density at radius 1 is 1.05 bits per heavy atom. The molecular weight excluding hydrogens is 280 g/mol. The van der Waals surface area contributed by atoms with Crippen molar-refractivity contribution in [1.82, 2.24) is 9.97 Å². The van der Waals surface area contributed by atoms with Crippen LogP contribution in [-0.4, -0.2) is 14.2 Å². The van der Waals surface area contributed by atoms with Crippen LogP contribution in [0.1, 0.15) is 0 Å². The van der Waals surface area contributed by atoms with Crippen molar-refractivity contribution in [2.75, 3.05) is 0 Å². The Morgan fingerprint density at radius 3 is 2.47 bits per heavy atom. The van der Waals surface area contributed by atoms with E-state index in [0.717, 1.165) is 11.0 Å². The predicted octanol–water partition coefficient (Wildman–Crippen LogP) is 2.66. The molecule has 96 valence electrons. The van der Waals surface area contributed by atoms with Crippen molar-refractivity contribution in [3.05, 3.63) is 54.6 Å². The molecule has 3 rings (SSSR count). The SMILES string of the molecule is O=S(=S)(Oc1nc2ccccc2[nH]1)c1ccccc1. The molecule has 1 atom stereocenters. The number of nitrogens with zero attached hydrogens (tertiary/aromatic N) is 1. The van der Waals surface area contributed by atoms with Crippen LogP contribution in [0.5, 0.6) is 6.01 Å². The van der Waals surface area contributed by atoms with Gasteiger partial charge in [-0.2, -0.15) is 4.98 Å². The van der Waals surface area contributed by atoms with E-state index in [1.807, 2.05) is 30.3 Å². The first kappa shape index (κ1) is 12.1. The molecule has 0 saturated heterocycles. The van der Waals surface area contributed by atoms with Crippen LogP contribution < -0.4 is 4.18 Å². The summed E-state index contributed by atoms with van der Waals surface area (Å²) in [7, 11) is -3.02. The van der Waals surface area contributed by atoms with Gasteiger partial charge in [0.05, 0.1) is 15.9 Å². The van der Waals surface area contributed by atoms with Crippen LogP contribution in [-0.2, 0) is 20.0 Å². The van der Waals surface area contributed by atoms with E-state index in [2.05, 4.69) is 9.97 Å². The summed E-state index contributed by atoms with van der Waals surface area (Å²) in [4.78, 5) is 7.61. The second-order valence-electron chi connectivity index (χ2n) is 3.91. The molecule has 0 bridgehead atoms. The lowest BCUT2D eigenvalue weighted by Gasteiger charge is -2.06. The maximum absolute atomic E-state index is 12.4. The number of aromatic amines is 1. The van der Waals surface area contributed by atoms with Gasteiger partial charge in [0.2, 0.25) is 8.77 Å². The number of rotatable bonds is 3. The van der Waals surface area contributed by atoms with E-state index in [1.165, 1.54) is 0 Å². The lowest BCUT2D eigenvalue weighted by atomic mass is 10.3. The first-order chi connectivity index (χ1) is 9.15. The van der Waals surface area contributed by atoms with E-state index in [9.17, 15) is 4.21 Å². The maximum Gasteiger partial charge on any atom is 0.309 e. The molecule has 19 heavy (non-hydrogen) atoms. The van der Waals surface area contributed by atoms with Gasteiger partial charge >= 0.3 is 6.01 Å². The van der Waals surface area contributed by atoms with Gasteiger partial charge in [-0.05, 0) is 24.3 Å². The fourth-order valence-electron chi connectivity index (χ4n) is 1.71. The quantitative estimate of drug-likeness (QED) is 0.805. The lowest BCUT2D eigenvalue weighted by Crippen LogP contribution is -2.08. The van der Waals surface area contributed by atoms with E-state index < -0.39 is 8.77 Å². The Hall–Kier alpha value is -1.92. The predicted molar refractivity (Wildman–Crippen MR) is 76.9 cm³/mol. The van der Waals surface area contributed by atoms with Gasteiger partial charge in [0, 0.05) is 11.2 Å². The molecule has 4 nitrogen and oxygen atoms in total. The highest BCUT2D eigenvalue weighted by molar-refractivity contribution is 8.30. The summed E-state index contributed by atoms with van der Waals surface area (Å²) >= 11 is 5.04. The highest BCUT2D eigenvalue weighted by atomic mass is 32.8. The van der Waals surface area contributed by atoms with Crippen molar-refractivity contribution >= 4 is 31.0 Å². The smallest absolute Gasteiger partial charge is 0.309 e. The summed E-state index contributed by atoms with van der Waals surface area (Å²) in [5, 5.41) is 0. The molecule has 0 fully saturated rings. The van der Waals surface area contributed by atoms with Crippen molar-refractivity contribution in [2.45, 2.75) is 4.90 Å². The first-order valence-electron chi connectivity index (χ1n) is 5.59. The molecule has 1 N–H and O–H groups in total. The molecule has 0 saturated carbocycles. The molecule has 3 aromatic rings. The number of hydrogen-bond donors (Lipinski definition) is 1. The second-order valence-corrected chi connectivity index (χ2v) is 6.77. The Balaban J connectivity index is 1.97. The Morgan fingerprint density at radius 2 is 1.74 bits per heavy atom. The number of aromatic nitrogens is 2. The largest absolute Gasteiger partial charge is 0.360 e. The summed E-state index contributed by atoms with van der Waals surface area (Å²) < 4.78 is 17.7. The number of H-pyrrole nitrogens is 1. The molecular formula is C13H10N2O2S2. The zero-order valence-electron chi connectivity index (χ0n) is 9.78. The van der Waals surface area contributed by atoms with Crippen LogP contribution >= 0.6 is 0 Å². The van der Waals surface area contributed by atoms with Gasteiger partial charge in [0.25, 0.3) is 0 Å². The van der Waals surface area contributed by atoms with E-state index in [4.69, 9.17) is 15.4 Å². The van der Waals surface area contributed by atoms with E-state index in [0.29, 0.717) is 4.90 Å². The maximum atomic E-state index is 12.4. The number of hydrogen-bond acceptors (Lipinski definition) is 4. The Kier molecular flexibility index (Phi) is 2.96. The molecule has 1 unspecified atom stereocenters. The minimum atomic E-state index is -3.02. The monoisotopic (exact) mass is 290 g/mol. The summed E-state index contributed by atoms with van der Waals surface area (Å²) in [5.74, 6) is 0. The van der Waals surface area contributed by atoms with Gasteiger partial charge in [-0.25, -0.2) is 4.21 Å². The third-order valence-electron chi connectivity index (χ3n) is 2.59. The molecule has 0 aliphatic heterocycles. The van der Waals surface area contributed by atoms with Gasteiger partial charge < -0.3 is 9.17 Å². The number of para-hydroxylation sites is 2. The molecule has 2 aromatic carbocycles. The van der Waals surface area contributed by atoms with Crippen molar-refractivity contribution in [2.24, 2.45) is 0 Å². The molecule has 6 heteroatoms. The average Bonchev–Trinajstić information content (AvgIpc) is 2.81. The van der Waals surface area contributed by atoms with E-state index >= 15 is 0 Å². The van der Waals surface area contributed by atoms with Gasteiger partial charge in [0.1, 0.15) is 0 Å². The van der Waals surface area contributed by atoms with Crippen molar-refractivity contribution < 1.29 is 8.39 Å². The van der Waals surface area contributed by atoms with Crippen molar-refractivity contribution in [3.8, 4) is 6.01 Å². The zero-order valence-corrected chi connectivity index (χ0v) is 11.4. The third-order valence-corrected chi connectivity index (χ3v) is 4.60. The highest BCUT2D eigenvalue weighted by Gasteiger charge is 2.14. The van der Waals surface area contributed by atoms with Crippen LogP contribution in [0.2, 0.25) is 0 Å². The summed E-state index contributed by atoms with van der Waals surface area (Å²) in [5.41, 5.74) is 1.56. The Labute approximate surface area is 115 Å². The summed E-state index contributed by atoms with van der Waals surface area (Å²) in [6.45, 7) is 0. The fraction of sp³-hybridized carbons (Fsp3) is 0. The summed E-state index contributed by atoms with van der Waals surface area (Å²) in [6, 6.07) is 16.3. The second kappa shape index (κ2) is 4.64. The van der Waals surface area contributed by atoms with Gasteiger partial charge in [-0.15, -0.1) is 0 Å². The van der Waals surface area contributed by atoms with Gasteiger partial charge in [0.15, 0.2) is 0 Å². The molecule has 0 aliphatic rings. The third kappa shape index (κ3) is 2.45. The first-order valence-corrected chi connectivity index (χ1v) is 8.00. The van der Waals surface area contributed by atoms with Crippen LogP contribution in [0.3, 0.4) is 0 Å². The highest BCUT2D eigenvalue weighted by Crippen LogP contribution is 2.19. The minimum absolute atomic E-state index is 0.171. The topological polar surface area (TPSA) is 55.0 Å². The number of imidazole rings is 1. The molecule has 0 aliphatic carbocycles. The number of benzene rings is 2. The van der Waals surface area contributed by atoms with Crippen LogP contribution in [0.25, 0.3) is 11.0 Å². The molecule has 1 heterocycles. The average molecular weight is 290 g/mol. The van der Waals surface area contributed by atoms with Crippen molar-refractivity contribution in [1.29, 1.82) is 0 Å². The number of nitrogens with one attached hydrogen (secondary N) is 1. The molecule has 0 spiro atoms. The summed E-state index contributed by atoms with van der Waals surface area (Å²) in [6.07, 6.45) is 0. The van der Waals surface area contributed by atoms with Gasteiger partial charge in [-0.3, -0.25) is 0 Å². The van der Waals surface area contributed by atoms with Crippen LogP contribution in [0.4, 0.5) is 0 Å². The lowest BCUT2D eigenvalue weighted by molar-refractivity contribution is 0.532. The minimum Gasteiger partial charge on any atom is -0.360 e. The van der Waals surface area contributed by atoms with Crippen LogP contribution in [0, 0.1) is 0 Å². The normalized spacial score (nSPS) is 14.1. The van der Waals surface area contributed by atoms with Gasteiger partial charge in [-0.1, -0.05) is 30.3 Å².